The number of ether oxygens (including phenoxy) is 2. The highest BCUT2D eigenvalue weighted by Gasteiger charge is 2.34. The molecule has 0 radical (unpaired) electrons. The fourth-order valence-corrected chi connectivity index (χ4v) is 4.69. The second-order valence-corrected chi connectivity index (χ2v) is 10.3. The van der Waals surface area contributed by atoms with Crippen LogP contribution < -0.4 is 19.7 Å². The van der Waals surface area contributed by atoms with Crippen LogP contribution in [0.3, 0.4) is 0 Å². The molecule has 0 aliphatic carbocycles. The smallest absolute Gasteiger partial charge is 0.270 e. The number of nitrogens with one attached hydrogen (secondary N) is 1. The Hall–Kier alpha value is -3.01. The Kier molecular flexibility index (Phi) is 8.79. The largest absolute Gasteiger partial charge is 0.490 e. The topological polar surface area (TPSA) is 67.9 Å². The van der Waals surface area contributed by atoms with E-state index in [4.69, 9.17) is 21.7 Å². The molecule has 4 rings (SSSR count). The Labute approximate surface area is 237 Å². The minimum atomic E-state index is -0.558. The number of aryl methyl sites for hydroxylation is 1. The maximum atomic E-state index is 13.4. The number of thiocarbonyl (C=S) groups is 1. The van der Waals surface area contributed by atoms with Crippen molar-refractivity contribution in [1.29, 1.82) is 0 Å². The number of amides is 2. The first-order chi connectivity index (χ1) is 17.8. The summed E-state index contributed by atoms with van der Waals surface area (Å²) in [5.41, 5.74) is 3.27. The van der Waals surface area contributed by atoms with Crippen molar-refractivity contribution in [3.63, 3.8) is 0 Å². The molecule has 37 heavy (non-hydrogen) atoms. The van der Waals surface area contributed by atoms with Gasteiger partial charge in [-0.2, -0.15) is 0 Å². The van der Waals surface area contributed by atoms with Crippen molar-refractivity contribution < 1.29 is 19.1 Å². The van der Waals surface area contributed by atoms with Gasteiger partial charge >= 0.3 is 0 Å². The molecule has 0 atom stereocenters. The lowest BCUT2D eigenvalue weighted by Gasteiger charge is -2.29. The SMILES string of the molecule is CCOc1cc(/C=C2\C(=O)NC(=S)N(c3ccc(CC)cc3)C2=O)c(Br)cc1OCc1ccc(Br)cc1. The Bertz CT molecular complexity index is 1370. The standard InChI is InChI=1S/C28H24Br2N2O4S/c1-3-17-7-11-21(12-8-17)32-27(34)22(26(33)31-28(32)37)13-19-14-24(35-4-2)25(15-23(19)30)36-16-18-5-9-20(29)10-6-18/h5-15H,3-4,16H2,1-2H3,(H,31,33,37)/b22-13+. The fraction of sp³-hybridized carbons (Fsp3) is 0.179. The van der Waals surface area contributed by atoms with E-state index >= 15 is 0 Å². The first kappa shape index (κ1) is 27.0. The van der Waals surface area contributed by atoms with Crippen molar-refractivity contribution in [3.05, 3.63) is 91.9 Å². The van der Waals surface area contributed by atoms with E-state index in [1.165, 1.54) is 11.0 Å². The fourth-order valence-electron chi connectivity index (χ4n) is 3.71. The summed E-state index contributed by atoms with van der Waals surface area (Å²) in [7, 11) is 0. The zero-order chi connectivity index (χ0) is 26.5. The van der Waals surface area contributed by atoms with E-state index in [1.54, 1.807) is 12.1 Å². The van der Waals surface area contributed by atoms with Crippen molar-refractivity contribution in [2.45, 2.75) is 26.9 Å². The summed E-state index contributed by atoms with van der Waals surface area (Å²) in [5, 5.41) is 2.67. The van der Waals surface area contributed by atoms with E-state index in [-0.39, 0.29) is 10.7 Å². The van der Waals surface area contributed by atoms with Crippen molar-refractivity contribution in [3.8, 4) is 11.5 Å². The van der Waals surface area contributed by atoms with Crippen LogP contribution in [-0.2, 0) is 22.6 Å². The van der Waals surface area contributed by atoms with Crippen molar-refractivity contribution in [2.75, 3.05) is 11.5 Å². The molecule has 1 saturated heterocycles. The second kappa shape index (κ2) is 12.0. The molecule has 190 valence electrons. The van der Waals surface area contributed by atoms with Gasteiger partial charge in [-0.05, 0) is 84.7 Å². The van der Waals surface area contributed by atoms with Gasteiger partial charge < -0.3 is 9.47 Å². The Morgan fingerprint density at radius 2 is 1.57 bits per heavy atom. The number of hydrogen-bond donors (Lipinski definition) is 1. The number of nitrogens with zero attached hydrogens (tertiary/aromatic N) is 1. The zero-order valence-electron chi connectivity index (χ0n) is 20.2. The first-order valence-corrected chi connectivity index (χ1v) is 13.6. The maximum Gasteiger partial charge on any atom is 0.270 e. The number of carbonyl (C=O) groups is 2. The first-order valence-electron chi connectivity index (χ1n) is 11.6. The van der Waals surface area contributed by atoms with Crippen LogP contribution >= 0.6 is 44.1 Å². The van der Waals surface area contributed by atoms with Gasteiger partial charge in [0.2, 0.25) is 0 Å². The van der Waals surface area contributed by atoms with Crippen LogP contribution in [0.4, 0.5) is 5.69 Å². The molecule has 3 aromatic rings. The molecule has 1 N–H and O–H groups in total. The van der Waals surface area contributed by atoms with E-state index < -0.39 is 11.8 Å². The van der Waals surface area contributed by atoms with Crippen LogP contribution in [-0.4, -0.2) is 23.5 Å². The predicted molar refractivity (Wildman–Crippen MR) is 156 cm³/mol. The molecule has 0 unspecified atom stereocenters. The number of carbonyl (C=O) groups excluding carboxylic acids is 2. The molecule has 9 heteroatoms. The van der Waals surface area contributed by atoms with Crippen LogP contribution in [0, 0.1) is 0 Å². The van der Waals surface area contributed by atoms with Crippen LogP contribution in [0.25, 0.3) is 6.08 Å². The molecular formula is C28H24Br2N2O4S. The van der Waals surface area contributed by atoms with Crippen LogP contribution in [0.5, 0.6) is 11.5 Å². The Balaban J connectivity index is 1.64. The molecule has 6 nitrogen and oxygen atoms in total. The van der Waals surface area contributed by atoms with Crippen molar-refractivity contribution >= 4 is 72.8 Å². The number of hydrogen-bond acceptors (Lipinski definition) is 5. The highest BCUT2D eigenvalue weighted by Crippen LogP contribution is 2.36. The van der Waals surface area contributed by atoms with Gasteiger partial charge in [0.15, 0.2) is 16.6 Å². The van der Waals surface area contributed by atoms with Gasteiger partial charge in [-0.1, -0.05) is 63.0 Å². The van der Waals surface area contributed by atoms with Gasteiger partial charge in [0, 0.05) is 8.95 Å². The third kappa shape index (κ3) is 6.29. The van der Waals surface area contributed by atoms with Gasteiger partial charge in [-0.25, -0.2) is 0 Å². The van der Waals surface area contributed by atoms with Crippen LogP contribution in [0.1, 0.15) is 30.5 Å². The number of rotatable bonds is 8. The summed E-state index contributed by atoms with van der Waals surface area (Å²) in [6.07, 6.45) is 2.40. The average molecular weight is 644 g/mol. The van der Waals surface area contributed by atoms with E-state index in [0.717, 1.165) is 22.0 Å². The third-order valence-electron chi connectivity index (χ3n) is 5.67. The summed E-state index contributed by atoms with van der Waals surface area (Å²) < 4.78 is 13.5. The molecule has 0 spiro atoms. The summed E-state index contributed by atoms with van der Waals surface area (Å²) in [4.78, 5) is 27.5. The Morgan fingerprint density at radius 1 is 0.919 bits per heavy atom. The van der Waals surface area contributed by atoms with Crippen molar-refractivity contribution in [2.24, 2.45) is 0 Å². The predicted octanol–water partition coefficient (Wildman–Crippen LogP) is 6.58. The Morgan fingerprint density at radius 3 is 2.22 bits per heavy atom. The van der Waals surface area contributed by atoms with Gasteiger partial charge in [-0.15, -0.1) is 0 Å². The van der Waals surface area contributed by atoms with Crippen LogP contribution in [0.15, 0.2) is 75.2 Å². The lowest BCUT2D eigenvalue weighted by atomic mass is 10.1. The van der Waals surface area contributed by atoms with E-state index in [0.29, 0.717) is 40.4 Å². The van der Waals surface area contributed by atoms with Gasteiger partial charge in [0.1, 0.15) is 12.2 Å². The van der Waals surface area contributed by atoms with Gasteiger partial charge in [0.05, 0.1) is 12.3 Å². The van der Waals surface area contributed by atoms with E-state index in [2.05, 4.69) is 44.1 Å². The molecular weight excluding hydrogens is 620 g/mol. The molecule has 0 aromatic heterocycles. The third-order valence-corrected chi connectivity index (χ3v) is 7.17. The molecule has 0 saturated carbocycles. The zero-order valence-corrected chi connectivity index (χ0v) is 24.2. The number of halogens is 2. The monoisotopic (exact) mass is 642 g/mol. The second-order valence-electron chi connectivity index (χ2n) is 8.15. The molecule has 1 fully saturated rings. The minimum Gasteiger partial charge on any atom is -0.490 e. The minimum absolute atomic E-state index is 0.0418. The molecule has 2 amide bonds. The van der Waals surface area contributed by atoms with E-state index in [9.17, 15) is 9.59 Å². The summed E-state index contributed by atoms with van der Waals surface area (Å²) in [6, 6.07) is 18.9. The molecule has 3 aromatic carbocycles. The molecule has 0 bridgehead atoms. The summed E-state index contributed by atoms with van der Waals surface area (Å²) in [5.74, 6) is -0.0202. The summed E-state index contributed by atoms with van der Waals surface area (Å²) in [6.45, 7) is 4.70. The highest BCUT2D eigenvalue weighted by atomic mass is 79.9. The normalized spacial score (nSPS) is 14.6. The lowest BCUT2D eigenvalue weighted by molar-refractivity contribution is -0.122. The molecule has 1 aliphatic heterocycles. The maximum absolute atomic E-state index is 13.4. The lowest BCUT2D eigenvalue weighted by Crippen LogP contribution is -2.54. The molecule has 1 heterocycles. The quantitative estimate of drug-likeness (QED) is 0.171. The van der Waals surface area contributed by atoms with E-state index in [1.807, 2.05) is 55.5 Å². The van der Waals surface area contributed by atoms with Gasteiger partial charge in [0.25, 0.3) is 11.8 Å². The average Bonchev–Trinajstić information content (AvgIpc) is 2.88. The highest BCUT2D eigenvalue weighted by molar-refractivity contribution is 9.10. The van der Waals surface area contributed by atoms with Crippen LogP contribution in [0.2, 0.25) is 0 Å². The summed E-state index contributed by atoms with van der Waals surface area (Å²) >= 11 is 12.3. The number of anilines is 1. The van der Waals surface area contributed by atoms with Crippen molar-refractivity contribution in [1.82, 2.24) is 5.32 Å². The van der Waals surface area contributed by atoms with Gasteiger partial charge in [-0.3, -0.25) is 19.8 Å². The number of benzene rings is 3. The molecule has 1 aliphatic rings.